The van der Waals surface area contributed by atoms with Crippen LogP contribution in [0.3, 0.4) is 0 Å². The first-order valence-corrected chi connectivity index (χ1v) is 2.77. The van der Waals surface area contributed by atoms with Gasteiger partial charge in [0.25, 0.3) is 0 Å². The van der Waals surface area contributed by atoms with Crippen LogP contribution >= 0.6 is 0 Å². The van der Waals surface area contributed by atoms with Crippen molar-refractivity contribution >= 4 is 5.97 Å². The number of rotatable bonds is 1. The number of aromatic carboxylic acids is 1. The zero-order valence-corrected chi connectivity index (χ0v) is 5.30. The van der Waals surface area contributed by atoms with E-state index in [1.807, 2.05) is 0 Å². The lowest BCUT2D eigenvalue weighted by molar-refractivity contribution is -0.255. The summed E-state index contributed by atoms with van der Waals surface area (Å²) in [6.07, 6.45) is 0. The number of hydrogen-bond acceptors (Lipinski definition) is 2. The smallest absolute Gasteiger partial charge is 0.135 e. The van der Waals surface area contributed by atoms with E-state index in [2.05, 4.69) is 0 Å². The van der Waals surface area contributed by atoms with Gasteiger partial charge in [0.1, 0.15) is 11.6 Å². The van der Waals surface area contributed by atoms with Crippen molar-refractivity contribution in [2.24, 2.45) is 0 Å². The standard InChI is InChI=1S/C7H4F2O2/c8-4-1-2-5(7(10)11)6(9)3-4/h1-3H,(H,10,11)/p-1. The van der Waals surface area contributed by atoms with Crippen molar-refractivity contribution in [1.29, 1.82) is 0 Å². The minimum atomic E-state index is -1.65. The van der Waals surface area contributed by atoms with Crippen molar-refractivity contribution < 1.29 is 18.7 Å². The molecule has 0 radical (unpaired) electrons. The highest BCUT2D eigenvalue weighted by molar-refractivity contribution is 5.85. The molecule has 0 amide bonds. The van der Waals surface area contributed by atoms with Crippen LogP contribution in [0.15, 0.2) is 18.2 Å². The average Bonchev–Trinajstić information content (AvgIpc) is 1.85. The van der Waals surface area contributed by atoms with Crippen LogP contribution in [0, 0.1) is 11.6 Å². The van der Waals surface area contributed by atoms with Gasteiger partial charge in [-0.15, -0.1) is 0 Å². The highest BCUT2D eigenvalue weighted by Gasteiger charge is 2.02. The predicted molar refractivity (Wildman–Crippen MR) is 30.7 cm³/mol. The summed E-state index contributed by atoms with van der Waals surface area (Å²) in [7, 11) is 0. The van der Waals surface area contributed by atoms with Crippen molar-refractivity contribution in [3.8, 4) is 0 Å². The SMILES string of the molecule is O=C([O-])c1ccc(F)cc1F. The summed E-state index contributed by atoms with van der Waals surface area (Å²) in [6.45, 7) is 0. The van der Waals surface area contributed by atoms with Gasteiger partial charge in [-0.05, 0) is 12.1 Å². The lowest BCUT2D eigenvalue weighted by Gasteiger charge is -2.02. The minimum Gasteiger partial charge on any atom is -0.545 e. The predicted octanol–water partition coefficient (Wildman–Crippen LogP) is 0.328. The number of carbonyl (C=O) groups excluding carboxylic acids is 1. The molecule has 0 aliphatic carbocycles. The number of benzene rings is 1. The molecule has 0 bridgehead atoms. The van der Waals surface area contributed by atoms with Crippen LogP contribution in [-0.4, -0.2) is 5.97 Å². The van der Waals surface area contributed by atoms with Crippen molar-refractivity contribution in [3.05, 3.63) is 35.4 Å². The van der Waals surface area contributed by atoms with Crippen molar-refractivity contribution in [2.45, 2.75) is 0 Å². The Kier molecular flexibility index (Phi) is 1.85. The highest BCUT2D eigenvalue weighted by Crippen LogP contribution is 2.07. The van der Waals surface area contributed by atoms with Crippen LogP contribution in [0.4, 0.5) is 8.78 Å². The maximum Gasteiger partial charge on any atom is 0.135 e. The molecule has 0 spiro atoms. The fourth-order valence-electron chi connectivity index (χ4n) is 0.655. The van der Waals surface area contributed by atoms with Gasteiger partial charge >= 0.3 is 0 Å². The van der Waals surface area contributed by atoms with Gasteiger partial charge in [0, 0.05) is 11.6 Å². The molecule has 0 atom stereocenters. The minimum absolute atomic E-state index is 0.491. The maximum atomic E-state index is 12.4. The maximum absolute atomic E-state index is 12.4. The summed E-state index contributed by atoms with van der Waals surface area (Å²) < 4.78 is 24.6. The molecule has 1 rings (SSSR count). The van der Waals surface area contributed by atoms with E-state index in [9.17, 15) is 18.7 Å². The number of carboxylic acids is 1. The summed E-state index contributed by atoms with van der Waals surface area (Å²) in [6, 6.07) is 2.17. The third-order valence-electron chi connectivity index (χ3n) is 1.15. The Balaban J connectivity index is 3.20. The third-order valence-corrected chi connectivity index (χ3v) is 1.15. The zero-order valence-electron chi connectivity index (χ0n) is 5.30. The van der Waals surface area contributed by atoms with Gasteiger partial charge in [0.2, 0.25) is 0 Å². The fraction of sp³-hybridized carbons (Fsp3) is 0. The Bertz CT molecular complexity index is 296. The fourth-order valence-corrected chi connectivity index (χ4v) is 0.655. The van der Waals surface area contributed by atoms with Gasteiger partial charge in [-0.25, -0.2) is 8.78 Å². The molecule has 0 aromatic heterocycles. The van der Waals surface area contributed by atoms with Gasteiger partial charge < -0.3 is 9.90 Å². The van der Waals surface area contributed by atoms with Crippen molar-refractivity contribution in [2.75, 3.05) is 0 Å². The van der Waals surface area contributed by atoms with E-state index in [1.165, 1.54) is 0 Å². The van der Waals surface area contributed by atoms with Gasteiger partial charge in [-0.2, -0.15) is 0 Å². The van der Waals surface area contributed by atoms with Crippen LogP contribution in [0.25, 0.3) is 0 Å². The molecular formula is C7H3F2O2-. The second-order valence-corrected chi connectivity index (χ2v) is 1.91. The highest BCUT2D eigenvalue weighted by atomic mass is 19.1. The molecule has 0 heterocycles. The number of hydrogen-bond donors (Lipinski definition) is 0. The Hall–Kier alpha value is -1.45. The molecule has 11 heavy (non-hydrogen) atoms. The monoisotopic (exact) mass is 157 g/mol. The van der Waals surface area contributed by atoms with E-state index in [1.54, 1.807) is 0 Å². The number of carboxylic acid groups (broad SMARTS) is 1. The Labute approximate surface area is 61.1 Å². The van der Waals surface area contributed by atoms with E-state index in [0.717, 1.165) is 12.1 Å². The first-order valence-electron chi connectivity index (χ1n) is 2.77. The molecule has 0 aliphatic heterocycles. The lowest BCUT2D eigenvalue weighted by atomic mass is 10.2. The quantitative estimate of drug-likeness (QED) is 0.589. The molecule has 4 heteroatoms. The summed E-state index contributed by atoms with van der Waals surface area (Å²) in [5.74, 6) is -3.58. The zero-order chi connectivity index (χ0) is 8.43. The van der Waals surface area contributed by atoms with Crippen LogP contribution in [0.1, 0.15) is 10.4 Å². The molecule has 0 aliphatic rings. The Morgan fingerprint density at radius 1 is 1.36 bits per heavy atom. The first-order chi connectivity index (χ1) is 5.11. The second kappa shape index (κ2) is 2.65. The molecule has 58 valence electrons. The topological polar surface area (TPSA) is 40.1 Å². The van der Waals surface area contributed by atoms with Crippen LogP contribution in [0.5, 0.6) is 0 Å². The summed E-state index contributed by atoms with van der Waals surface area (Å²) >= 11 is 0. The van der Waals surface area contributed by atoms with E-state index in [-0.39, 0.29) is 0 Å². The van der Waals surface area contributed by atoms with Crippen LogP contribution in [-0.2, 0) is 0 Å². The van der Waals surface area contributed by atoms with Gasteiger partial charge in [-0.1, -0.05) is 0 Å². The molecule has 1 aromatic carbocycles. The Morgan fingerprint density at radius 2 is 2.00 bits per heavy atom. The van der Waals surface area contributed by atoms with E-state index >= 15 is 0 Å². The second-order valence-electron chi connectivity index (χ2n) is 1.91. The molecule has 0 saturated heterocycles. The van der Waals surface area contributed by atoms with Crippen LogP contribution < -0.4 is 5.11 Å². The first kappa shape index (κ1) is 7.65. The van der Waals surface area contributed by atoms with Gasteiger partial charge in [0.15, 0.2) is 0 Å². The normalized spacial score (nSPS) is 9.64. The van der Waals surface area contributed by atoms with Gasteiger partial charge in [-0.3, -0.25) is 0 Å². The largest absolute Gasteiger partial charge is 0.545 e. The summed E-state index contributed by atoms with van der Waals surface area (Å²) in [4.78, 5) is 10.1. The third kappa shape index (κ3) is 1.52. The van der Waals surface area contributed by atoms with E-state index in [0.29, 0.717) is 6.07 Å². The summed E-state index contributed by atoms with van der Waals surface area (Å²) in [5.41, 5.74) is -0.633. The Morgan fingerprint density at radius 3 is 2.45 bits per heavy atom. The molecule has 1 aromatic rings. The molecular weight excluding hydrogens is 154 g/mol. The van der Waals surface area contributed by atoms with Crippen LogP contribution in [0.2, 0.25) is 0 Å². The molecule has 0 saturated carbocycles. The van der Waals surface area contributed by atoms with E-state index in [4.69, 9.17) is 0 Å². The van der Waals surface area contributed by atoms with Crippen molar-refractivity contribution in [3.63, 3.8) is 0 Å². The molecule has 0 fully saturated rings. The molecule has 0 N–H and O–H groups in total. The van der Waals surface area contributed by atoms with Gasteiger partial charge in [0.05, 0.1) is 5.97 Å². The number of halogens is 2. The lowest BCUT2D eigenvalue weighted by Crippen LogP contribution is -2.23. The average molecular weight is 157 g/mol. The van der Waals surface area contributed by atoms with Crippen molar-refractivity contribution in [1.82, 2.24) is 0 Å². The summed E-state index contributed by atoms with van der Waals surface area (Å²) in [5, 5.41) is 10.1. The van der Waals surface area contributed by atoms with E-state index < -0.39 is 23.2 Å². The molecule has 2 nitrogen and oxygen atoms in total. The number of carbonyl (C=O) groups is 1. The molecule has 0 unspecified atom stereocenters.